The second-order valence-corrected chi connectivity index (χ2v) is 9.46. The molecule has 1 saturated carbocycles. The first-order valence-electron chi connectivity index (χ1n) is 11.2. The largest absolute Gasteiger partial charge is 0.497 e. The Balaban J connectivity index is 1.58. The minimum absolute atomic E-state index is 0.0185. The SMILES string of the molecule is COc1ccc(/C=C2\N=C(SCC(=O)NC3CCCC3)N(c3cc(C)cc(C)c3)C2=O)cc1. The number of hydrogen-bond acceptors (Lipinski definition) is 5. The van der Waals surface area contributed by atoms with Crippen LogP contribution in [0.25, 0.3) is 6.08 Å². The number of rotatable bonds is 6. The standard InChI is InChI=1S/C26H29N3O3S/c1-17-12-18(2)14-21(13-17)29-25(31)23(15-19-8-10-22(32-3)11-9-19)28-26(29)33-16-24(30)27-20-6-4-5-7-20/h8-15,20H,4-7,16H2,1-3H3,(H,27,30)/b23-15-. The molecule has 0 unspecified atom stereocenters. The molecule has 6 nitrogen and oxygen atoms in total. The summed E-state index contributed by atoms with van der Waals surface area (Å²) in [7, 11) is 1.62. The van der Waals surface area contributed by atoms with E-state index in [2.05, 4.69) is 16.4 Å². The number of amidine groups is 1. The molecule has 4 rings (SSSR count). The topological polar surface area (TPSA) is 71.0 Å². The quantitative estimate of drug-likeness (QED) is 0.622. The Kier molecular flexibility index (Phi) is 7.18. The van der Waals surface area contributed by atoms with Gasteiger partial charge in [-0.05, 0) is 73.7 Å². The van der Waals surface area contributed by atoms with E-state index in [4.69, 9.17) is 4.74 Å². The minimum atomic E-state index is -0.200. The number of amides is 2. The molecule has 2 amide bonds. The number of ether oxygens (including phenoxy) is 1. The molecule has 0 atom stereocenters. The van der Waals surface area contributed by atoms with Gasteiger partial charge in [-0.15, -0.1) is 0 Å². The van der Waals surface area contributed by atoms with Gasteiger partial charge in [-0.3, -0.25) is 14.5 Å². The van der Waals surface area contributed by atoms with Crippen LogP contribution in [0.1, 0.15) is 42.4 Å². The summed E-state index contributed by atoms with van der Waals surface area (Å²) in [6.07, 6.45) is 6.18. The van der Waals surface area contributed by atoms with Crippen molar-refractivity contribution in [1.29, 1.82) is 0 Å². The number of nitrogens with one attached hydrogen (secondary N) is 1. The Morgan fingerprint density at radius 2 is 1.82 bits per heavy atom. The van der Waals surface area contributed by atoms with Crippen LogP contribution in [-0.2, 0) is 9.59 Å². The second-order valence-electron chi connectivity index (χ2n) is 8.52. The molecule has 1 N–H and O–H groups in total. The summed E-state index contributed by atoms with van der Waals surface area (Å²) in [6.45, 7) is 4.01. The van der Waals surface area contributed by atoms with Gasteiger partial charge >= 0.3 is 0 Å². The molecule has 2 aliphatic rings. The van der Waals surface area contributed by atoms with E-state index in [9.17, 15) is 9.59 Å². The van der Waals surface area contributed by atoms with Gasteiger partial charge in [0.25, 0.3) is 5.91 Å². The monoisotopic (exact) mass is 463 g/mol. The first-order chi connectivity index (χ1) is 15.9. The van der Waals surface area contributed by atoms with Gasteiger partial charge in [-0.25, -0.2) is 4.99 Å². The molecule has 0 spiro atoms. The van der Waals surface area contributed by atoms with Gasteiger partial charge in [0.1, 0.15) is 11.4 Å². The Morgan fingerprint density at radius 1 is 1.15 bits per heavy atom. The first-order valence-corrected chi connectivity index (χ1v) is 12.2. The van der Waals surface area contributed by atoms with Crippen molar-refractivity contribution >= 4 is 40.5 Å². The average molecular weight is 464 g/mol. The van der Waals surface area contributed by atoms with Crippen molar-refractivity contribution in [2.75, 3.05) is 17.8 Å². The summed E-state index contributed by atoms with van der Waals surface area (Å²) < 4.78 is 5.21. The molecule has 0 bridgehead atoms. The molecule has 33 heavy (non-hydrogen) atoms. The third-order valence-corrected chi connectivity index (χ3v) is 6.70. The number of carbonyl (C=O) groups excluding carboxylic acids is 2. The van der Waals surface area contributed by atoms with E-state index in [-0.39, 0.29) is 23.6 Å². The lowest BCUT2D eigenvalue weighted by Crippen LogP contribution is -2.35. The number of nitrogens with zero attached hydrogens (tertiary/aromatic N) is 2. The number of methoxy groups -OCH3 is 1. The highest BCUT2D eigenvalue weighted by molar-refractivity contribution is 8.14. The van der Waals surface area contributed by atoms with E-state index >= 15 is 0 Å². The zero-order valence-electron chi connectivity index (χ0n) is 19.3. The van der Waals surface area contributed by atoms with Crippen LogP contribution >= 0.6 is 11.8 Å². The van der Waals surface area contributed by atoms with Gasteiger partial charge in [0, 0.05) is 6.04 Å². The number of thioether (sulfide) groups is 1. The molecule has 1 aliphatic carbocycles. The van der Waals surface area contributed by atoms with Crippen molar-refractivity contribution in [3.8, 4) is 5.75 Å². The third kappa shape index (κ3) is 5.66. The van der Waals surface area contributed by atoms with Crippen LogP contribution in [0.2, 0.25) is 0 Å². The molecule has 2 aromatic carbocycles. The Bertz CT molecular complexity index is 1080. The Morgan fingerprint density at radius 3 is 2.45 bits per heavy atom. The Hall–Kier alpha value is -3.06. The van der Waals surface area contributed by atoms with E-state index in [1.165, 1.54) is 24.6 Å². The summed E-state index contributed by atoms with van der Waals surface area (Å²) in [4.78, 5) is 32.1. The summed E-state index contributed by atoms with van der Waals surface area (Å²) in [5.74, 6) is 0.754. The predicted octanol–water partition coefficient (Wildman–Crippen LogP) is 4.85. The zero-order valence-corrected chi connectivity index (χ0v) is 20.1. The lowest BCUT2D eigenvalue weighted by Gasteiger charge is -2.19. The van der Waals surface area contributed by atoms with Crippen LogP contribution in [0.3, 0.4) is 0 Å². The summed E-state index contributed by atoms with van der Waals surface area (Å²) in [5, 5.41) is 3.62. The summed E-state index contributed by atoms with van der Waals surface area (Å²) in [6, 6.07) is 13.7. The molecule has 1 heterocycles. The van der Waals surface area contributed by atoms with Crippen LogP contribution < -0.4 is 15.0 Å². The lowest BCUT2D eigenvalue weighted by atomic mass is 10.1. The highest BCUT2D eigenvalue weighted by Gasteiger charge is 2.32. The smallest absolute Gasteiger partial charge is 0.283 e. The maximum Gasteiger partial charge on any atom is 0.283 e. The molecular weight excluding hydrogens is 434 g/mol. The number of aliphatic imine (C=N–C) groups is 1. The molecule has 1 fully saturated rings. The zero-order chi connectivity index (χ0) is 23.4. The number of carbonyl (C=O) groups is 2. The van der Waals surface area contributed by atoms with Gasteiger partial charge in [0.2, 0.25) is 5.91 Å². The number of anilines is 1. The number of aryl methyl sites for hydroxylation is 2. The minimum Gasteiger partial charge on any atom is -0.497 e. The molecule has 2 aromatic rings. The van der Waals surface area contributed by atoms with Gasteiger partial charge in [-0.1, -0.05) is 42.8 Å². The van der Waals surface area contributed by atoms with Crippen molar-refractivity contribution in [2.45, 2.75) is 45.6 Å². The highest BCUT2D eigenvalue weighted by Crippen LogP contribution is 2.31. The van der Waals surface area contributed by atoms with E-state index in [0.29, 0.717) is 10.9 Å². The Labute approximate surface area is 199 Å². The normalized spacial score (nSPS) is 17.5. The van der Waals surface area contributed by atoms with Gasteiger partial charge in [-0.2, -0.15) is 0 Å². The summed E-state index contributed by atoms with van der Waals surface area (Å²) >= 11 is 1.30. The number of hydrogen-bond donors (Lipinski definition) is 1. The van der Waals surface area contributed by atoms with E-state index in [1.54, 1.807) is 18.1 Å². The maximum absolute atomic E-state index is 13.4. The lowest BCUT2D eigenvalue weighted by molar-refractivity contribution is -0.119. The molecule has 7 heteroatoms. The summed E-state index contributed by atoms with van der Waals surface area (Å²) in [5.41, 5.74) is 4.09. The molecule has 1 aliphatic heterocycles. The van der Waals surface area contributed by atoms with Gasteiger partial charge in [0.05, 0.1) is 18.6 Å². The first kappa shape index (κ1) is 23.1. The van der Waals surface area contributed by atoms with Crippen molar-refractivity contribution in [3.05, 3.63) is 64.9 Å². The highest BCUT2D eigenvalue weighted by atomic mass is 32.2. The van der Waals surface area contributed by atoms with Crippen LogP contribution in [0.5, 0.6) is 5.75 Å². The van der Waals surface area contributed by atoms with Crippen LogP contribution in [0, 0.1) is 13.8 Å². The van der Waals surface area contributed by atoms with Crippen molar-refractivity contribution in [3.63, 3.8) is 0 Å². The van der Waals surface area contributed by atoms with Crippen molar-refractivity contribution < 1.29 is 14.3 Å². The third-order valence-electron chi connectivity index (χ3n) is 5.77. The van der Waals surface area contributed by atoms with E-state index in [0.717, 1.165) is 41.0 Å². The fourth-order valence-corrected chi connectivity index (χ4v) is 5.05. The number of benzene rings is 2. The van der Waals surface area contributed by atoms with Gasteiger partial charge in [0.15, 0.2) is 5.17 Å². The molecule has 172 valence electrons. The van der Waals surface area contributed by atoms with Crippen molar-refractivity contribution in [2.24, 2.45) is 4.99 Å². The molecule has 0 aromatic heterocycles. The second kappa shape index (κ2) is 10.3. The van der Waals surface area contributed by atoms with Crippen LogP contribution in [-0.4, -0.2) is 35.9 Å². The molecule has 0 radical (unpaired) electrons. The molecule has 0 saturated heterocycles. The van der Waals surface area contributed by atoms with Crippen molar-refractivity contribution in [1.82, 2.24) is 5.32 Å². The predicted molar refractivity (Wildman–Crippen MR) is 135 cm³/mol. The maximum atomic E-state index is 13.4. The molecular formula is C26H29N3O3S. The van der Waals surface area contributed by atoms with E-state index < -0.39 is 0 Å². The van der Waals surface area contributed by atoms with E-state index in [1.807, 2.05) is 50.2 Å². The van der Waals surface area contributed by atoms with Crippen LogP contribution in [0.15, 0.2) is 53.2 Å². The van der Waals surface area contributed by atoms with Crippen LogP contribution in [0.4, 0.5) is 5.69 Å². The fourth-order valence-electron chi connectivity index (χ4n) is 4.23. The average Bonchev–Trinajstić information content (AvgIpc) is 3.40. The van der Waals surface area contributed by atoms with Gasteiger partial charge < -0.3 is 10.1 Å². The fraction of sp³-hybridized carbons (Fsp3) is 0.346.